The second-order valence-corrected chi connectivity index (χ2v) is 8.13. The predicted molar refractivity (Wildman–Crippen MR) is 119 cm³/mol. The molecule has 27 heavy (non-hydrogen) atoms. The van der Waals surface area contributed by atoms with Crippen LogP contribution in [0.25, 0.3) is 0 Å². The van der Waals surface area contributed by atoms with Crippen LogP contribution in [-0.2, 0) is 0 Å². The van der Waals surface area contributed by atoms with Crippen LogP contribution >= 0.6 is 22.6 Å². The number of hydrogen-bond donors (Lipinski definition) is 1. The molecule has 0 saturated carbocycles. The van der Waals surface area contributed by atoms with Crippen molar-refractivity contribution in [1.82, 2.24) is 0 Å². The Bertz CT molecular complexity index is 940. The van der Waals surface area contributed by atoms with E-state index in [1.54, 1.807) is 0 Å². The van der Waals surface area contributed by atoms with Crippen molar-refractivity contribution >= 4 is 39.9 Å². The summed E-state index contributed by atoms with van der Waals surface area (Å²) >= 11 is 2.26. The summed E-state index contributed by atoms with van der Waals surface area (Å²) in [7, 11) is 0. The Morgan fingerprint density at radius 3 is 2.37 bits per heavy atom. The lowest BCUT2D eigenvalue weighted by Crippen LogP contribution is -2.44. The lowest BCUT2D eigenvalue weighted by Gasteiger charge is -2.40. The molecule has 1 aliphatic heterocycles. The Morgan fingerprint density at radius 1 is 0.963 bits per heavy atom. The number of halogens is 1. The van der Waals surface area contributed by atoms with Crippen molar-refractivity contribution in [3.63, 3.8) is 0 Å². The maximum Gasteiger partial charge on any atom is 0.258 e. The van der Waals surface area contributed by atoms with Gasteiger partial charge in [0.2, 0.25) is 0 Å². The van der Waals surface area contributed by atoms with Crippen molar-refractivity contribution in [1.29, 1.82) is 0 Å². The van der Waals surface area contributed by atoms with E-state index in [0.717, 1.165) is 26.9 Å². The van der Waals surface area contributed by atoms with E-state index in [4.69, 9.17) is 0 Å². The first-order chi connectivity index (χ1) is 13.1. The fraction of sp³-hybridized carbons (Fsp3) is 0.174. The zero-order valence-electron chi connectivity index (χ0n) is 15.1. The molecule has 0 radical (unpaired) electrons. The van der Waals surface area contributed by atoms with Gasteiger partial charge in [-0.15, -0.1) is 0 Å². The third kappa shape index (κ3) is 3.72. The summed E-state index contributed by atoms with van der Waals surface area (Å²) in [5, 5.41) is 3.64. The van der Waals surface area contributed by atoms with E-state index in [1.165, 1.54) is 5.56 Å². The minimum absolute atomic E-state index is 0.0597. The van der Waals surface area contributed by atoms with Gasteiger partial charge in [-0.2, -0.15) is 0 Å². The summed E-state index contributed by atoms with van der Waals surface area (Å²) in [4.78, 5) is 15.2. The molecule has 0 fully saturated rings. The fourth-order valence-corrected chi connectivity index (χ4v) is 4.09. The smallest absolute Gasteiger partial charge is 0.258 e. The number of hydrogen-bond acceptors (Lipinski definition) is 2. The molecule has 0 aliphatic carbocycles. The number of anilines is 2. The molecule has 3 aromatic carbocycles. The van der Waals surface area contributed by atoms with E-state index < -0.39 is 0 Å². The first-order valence-corrected chi connectivity index (χ1v) is 10.2. The van der Waals surface area contributed by atoms with Gasteiger partial charge in [-0.25, -0.2) is 0 Å². The molecule has 0 bridgehead atoms. The lowest BCUT2D eigenvalue weighted by molar-refractivity contribution is 0.0974. The van der Waals surface area contributed by atoms with Gasteiger partial charge in [0.15, 0.2) is 0 Å². The van der Waals surface area contributed by atoms with E-state index in [0.29, 0.717) is 0 Å². The molecule has 0 spiro atoms. The first-order valence-electron chi connectivity index (χ1n) is 9.13. The third-order valence-electron chi connectivity index (χ3n) is 5.01. The van der Waals surface area contributed by atoms with Crippen molar-refractivity contribution in [2.45, 2.75) is 25.4 Å². The molecule has 1 heterocycles. The van der Waals surface area contributed by atoms with Crippen molar-refractivity contribution < 1.29 is 4.79 Å². The highest BCUT2D eigenvalue weighted by Gasteiger charge is 2.34. The van der Waals surface area contributed by atoms with Crippen LogP contribution in [0.3, 0.4) is 0 Å². The van der Waals surface area contributed by atoms with E-state index in [1.807, 2.05) is 59.5 Å². The molecule has 136 valence electrons. The van der Waals surface area contributed by atoms with Gasteiger partial charge in [-0.3, -0.25) is 4.79 Å². The molecule has 4 rings (SSSR count). The van der Waals surface area contributed by atoms with Gasteiger partial charge in [0.05, 0.1) is 6.04 Å². The number of fused-ring (bicyclic) bond motifs is 1. The van der Waals surface area contributed by atoms with E-state index in [2.05, 4.69) is 59.1 Å². The molecular weight excluding hydrogens is 447 g/mol. The Kier molecular flexibility index (Phi) is 5.16. The van der Waals surface area contributed by atoms with Crippen LogP contribution in [0.2, 0.25) is 0 Å². The summed E-state index contributed by atoms with van der Waals surface area (Å²) in [5.74, 6) is 0.0597. The third-order valence-corrected chi connectivity index (χ3v) is 5.73. The van der Waals surface area contributed by atoms with Gasteiger partial charge in [-0.1, -0.05) is 36.4 Å². The van der Waals surface area contributed by atoms with E-state index >= 15 is 0 Å². The highest BCUT2D eigenvalue weighted by Crippen LogP contribution is 2.39. The second kappa shape index (κ2) is 7.72. The summed E-state index contributed by atoms with van der Waals surface area (Å²) in [6, 6.07) is 26.5. The molecule has 2 atom stereocenters. The zero-order chi connectivity index (χ0) is 18.8. The van der Waals surface area contributed by atoms with Crippen LogP contribution < -0.4 is 10.2 Å². The van der Waals surface area contributed by atoms with E-state index in [9.17, 15) is 4.79 Å². The summed E-state index contributed by atoms with van der Waals surface area (Å²) < 4.78 is 1.13. The Balaban J connectivity index is 1.68. The molecule has 4 heteroatoms. The van der Waals surface area contributed by atoms with Gasteiger partial charge in [0.25, 0.3) is 5.91 Å². The molecule has 0 unspecified atom stereocenters. The largest absolute Gasteiger partial charge is 0.378 e. The van der Waals surface area contributed by atoms with Crippen LogP contribution in [0.15, 0.2) is 78.9 Å². The van der Waals surface area contributed by atoms with E-state index in [-0.39, 0.29) is 18.0 Å². The summed E-state index contributed by atoms with van der Waals surface area (Å²) in [6.45, 7) is 2.13. The number of amides is 1. The lowest BCUT2D eigenvalue weighted by atomic mass is 9.90. The monoisotopic (exact) mass is 468 g/mol. The van der Waals surface area contributed by atoms with Crippen LogP contribution in [0.4, 0.5) is 11.4 Å². The number of para-hydroxylation sites is 2. The van der Waals surface area contributed by atoms with Gasteiger partial charge in [0, 0.05) is 26.6 Å². The Labute approximate surface area is 173 Å². The number of nitrogens with zero attached hydrogens (tertiary/aromatic N) is 1. The quantitative estimate of drug-likeness (QED) is 0.487. The zero-order valence-corrected chi connectivity index (χ0v) is 17.3. The van der Waals surface area contributed by atoms with Gasteiger partial charge in [-0.05, 0) is 84.0 Å². The standard InChI is InChI=1S/C23H21IN2O/c1-16-15-21(25-19-7-3-2-4-8-19)20-9-5-6-10-22(20)26(16)23(27)17-11-13-18(24)14-12-17/h2-14,16,21,25H,15H2,1H3/t16-,21-/m0/s1. The number of carbonyl (C=O) groups is 1. The molecule has 0 aromatic heterocycles. The van der Waals surface area contributed by atoms with Crippen molar-refractivity contribution in [3.8, 4) is 0 Å². The highest BCUT2D eigenvalue weighted by molar-refractivity contribution is 14.1. The van der Waals surface area contributed by atoms with Crippen molar-refractivity contribution in [3.05, 3.63) is 93.6 Å². The Hall–Kier alpha value is -2.34. The second-order valence-electron chi connectivity index (χ2n) is 6.89. The molecule has 1 aliphatic rings. The van der Waals surface area contributed by atoms with Crippen molar-refractivity contribution in [2.75, 3.05) is 10.2 Å². The fourth-order valence-electron chi connectivity index (χ4n) is 3.73. The number of rotatable bonds is 3. The molecule has 3 aromatic rings. The minimum Gasteiger partial charge on any atom is -0.378 e. The topological polar surface area (TPSA) is 32.3 Å². The minimum atomic E-state index is 0.0597. The van der Waals surface area contributed by atoms with Crippen LogP contribution in [0.5, 0.6) is 0 Å². The number of carbonyl (C=O) groups excluding carboxylic acids is 1. The summed E-state index contributed by atoms with van der Waals surface area (Å²) in [6.07, 6.45) is 0.863. The number of nitrogens with one attached hydrogen (secondary N) is 1. The average molecular weight is 468 g/mol. The SMILES string of the molecule is C[C@H]1C[C@H](Nc2ccccc2)c2ccccc2N1C(=O)c1ccc(I)cc1. The van der Waals surface area contributed by atoms with Crippen LogP contribution in [-0.4, -0.2) is 11.9 Å². The van der Waals surface area contributed by atoms with Gasteiger partial charge >= 0.3 is 0 Å². The molecule has 1 N–H and O–H groups in total. The highest BCUT2D eigenvalue weighted by atomic mass is 127. The van der Waals surface area contributed by atoms with Crippen LogP contribution in [0, 0.1) is 3.57 Å². The van der Waals surface area contributed by atoms with Gasteiger partial charge in [0.1, 0.15) is 0 Å². The number of benzene rings is 3. The molecular formula is C23H21IN2O. The predicted octanol–water partition coefficient (Wildman–Crippen LogP) is 5.88. The molecule has 1 amide bonds. The summed E-state index contributed by atoms with van der Waals surface area (Å²) in [5.41, 5.74) is 3.99. The average Bonchev–Trinajstić information content (AvgIpc) is 2.69. The normalized spacial score (nSPS) is 18.7. The first kappa shape index (κ1) is 18.0. The molecule has 3 nitrogen and oxygen atoms in total. The Morgan fingerprint density at radius 2 is 1.63 bits per heavy atom. The maximum absolute atomic E-state index is 13.3. The van der Waals surface area contributed by atoms with Crippen molar-refractivity contribution in [2.24, 2.45) is 0 Å². The molecule has 0 saturated heterocycles. The van der Waals surface area contributed by atoms with Gasteiger partial charge < -0.3 is 10.2 Å². The van der Waals surface area contributed by atoms with Crippen LogP contribution in [0.1, 0.15) is 35.3 Å². The maximum atomic E-state index is 13.3.